The monoisotopic (exact) mass is 398 g/mol. The van der Waals surface area contributed by atoms with Gasteiger partial charge >= 0.3 is 11.7 Å². The van der Waals surface area contributed by atoms with E-state index in [1.165, 1.54) is 16.8 Å². The van der Waals surface area contributed by atoms with E-state index in [9.17, 15) is 9.59 Å². The second-order valence-electron chi connectivity index (χ2n) is 7.64. The number of hydrogen-bond acceptors (Lipinski definition) is 10. The second kappa shape index (κ2) is 7.76. The molecule has 0 spiro atoms. The molecule has 156 valence electrons. The Kier molecular flexibility index (Phi) is 5.73. The van der Waals surface area contributed by atoms with E-state index >= 15 is 0 Å². The van der Waals surface area contributed by atoms with Gasteiger partial charge in [0.25, 0.3) is 0 Å². The van der Waals surface area contributed by atoms with Crippen molar-refractivity contribution in [3.05, 3.63) is 22.7 Å². The number of carbonyl (C=O) groups is 1. The number of carbonyl (C=O) groups excluding carboxylic acids is 1. The number of nitrogens with two attached hydrogens (primary N) is 1. The molecule has 1 aromatic heterocycles. The van der Waals surface area contributed by atoms with Crippen molar-refractivity contribution >= 4 is 11.8 Å². The van der Waals surface area contributed by atoms with Gasteiger partial charge in [0.1, 0.15) is 31.0 Å². The number of anilines is 1. The second-order valence-corrected chi connectivity index (χ2v) is 7.64. The van der Waals surface area contributed by atoms with Crippen LogP contribution in [0.5, 0.6) is 0 Å². The van der Waals surface area contributed by atoms with Crippen molar-refractivity contribution in [1.29, 1.82) is 0 Å². The van der Waals surface area contributed by atoms with Crippen LogP contribution < -0.4 is 16.9 Å². The number of nitrogens with zero attached hydrogens (tertiary/aromatic N) is 2. The first-order valence-corrected chi connectivity index (χ1v) is 9.05. The van der Waals surface area contributed by atoms with Gasteiger partial charge in [-0.2, -0.15) is 4.98 Å². The van der Waals surface area contributed by atoms with Crippen LogP contribution in [0.2, 0.25) is 0 Å². The number of nitrogens with one attached hydrogen (secondary N) is 1. The molecule has 0 bridgehead atoms. The number of ether oxygens (including phenoxy) is 4. The van der Waals surface area contributed by atoms with E-state index in [0.717, 1.165) is 0 Å². The van der Waals surface area contributed by atoms with Crippen molar-refractivity contribution < 1.29 is 28.9 Å². The maximum atomic E-state index is 12.3. The van der Waals surface area contributed by atoms with E-state index in [-0.39, 0.29) is 18.3 Å². The van der Waals surface area contributed by atoms with Crippen LogP contribution in [0.15, 0.2) is 17.1 Å². The minimum Gasteiger partial charge on any atom is -0.462 e. The first-order valence-electron chi connectivity index (χ1n) is 9.05. The summed E-state index contributed by atoms with van der Waals surface area (Å²) in [6.45, 7) is 7.06. The zero-order valence-corrected chi connectivity index (χ0v) is 16.2. The molecule has 0 aliphatic carbocycles. The molecule has 2 aliphatic rings. The third kappa shape index (κ3) is 4.03. The Hall–Kier alpha value is -2.05. The first-order chi connectivity index (χ1) is 13.1. The van der Waals surface area contributed by atoms with Crippen LogP contribution in [-0.4, -0.2) is 57.5 Å². The molecule has 28 heavy (non-hydrogen) atoms. The summed E-state index contributed by atoms with van der Waals surface area (Å²) < 4.78 is 24.3. The van der Waals surface area contributed by atoms with Crippen LogP contribution in [0.3, 0.4) is 0 Å². The van der Waals surface area contributed by atoms with Crippen molar-refractivity contribution in [2.24, 2.45) is 11.7 Å². The summed E-state index contributed by atoms with van der Waals surface area (Å²) in [7, 11) is 0. The molecule has 4 N–H and O–H groups in total. The molecule has 2 aliphatic heterocycles. The van der Waals surface area contributed by atoms with Gasteiger partial charge in [0.05, 0.1) is 0 Å². The van der Waals surface area contributed by atoms with Crippen molar-refractivity contribution in [2.45, 2.75) is 64.1 Å². The summed E-state index contributed by atoms with van der Waals surface area (Å²) in [6.07, 6.45) is -1.21. The van der Waals surface area contributed by atoms with Gasteiger partial charge in [-0.15, -0.1) is 0 Å². The summed E-state index contributed by atoms with van der Waals surface area (Å²) in [5, 5.41) is 8.89. The maximum Gasteiger partial charge on any atom is 0.351 e. The van der Waals surface area contributed by atoms with E-state index in [1.807, 2.05) is 19.3 Å². The lowest BCUT2D eigenvalue weighted by Gasteiger charge is -2.25. The summed E-state index contributed by atoms with van der Waals surface area (Å²) in [6, 6.07) is 0.672. The van der Waals surface area contributed by atoms with Gasteiger partial charge in [-0.25, -0.2) is 4.79 Å². The van der Waals surface area contributed by atoms with Gasteiger partial charge in [-0.1, -0.05) is 13.8 Å². The molecule has 3 rings (SSSR count). The highest BCUT2D eigenvalue weighted by molar-refractivity contribution is 5.75. The highest BCUT2D eigenvalue weighted by Gasteiger charge is 2.56. The molecule has 0 saturated carbocycles. The van der Waals surface area contributed by atoms with Crippen LogP contribution >= 0.6 is 0 Å². The molecule has 2 saturated heterocycles. The lowest BCUT2D eigenvalue weighted by molar-refractivity contribution is -0.203. The molecular weight excluding hydrogens is 372 g/mol. The van der Waals surface area contributed by atoms with Gasteiger partial charge in [0.2, 0.25) is 0 Å². The Bertz CT molecular complexity index is 781. The predicted octanol–water partition coefficient (Wildman–Crippen LogP) is -0.0116. The fourth-order valence-corrected chi connectivity index (χ4v) is 3.22. The molecule has 0 radical (unpaired) electrons. The molecule has 0 amide bonds. The first kappa shape index (κ1) is 20.7. The van der Waals surface area contributed by atoms with Gasteiger partial charge in [-0.05, 0) is 25.8 Å². The molecular formula is C17H26N4O7. The van der Waals surface area contributed by atoms with E-state index in [1.54, 1.807) is 13.8 Å². The largest absolute Gasteiger partial charge is 0.462 e. The van der Waals surface area contributed by atoms with E-state index < -0.39 is 48.0 Å². The Morgan fingerprint density at radius 1 is 1.43 bits per heavy atom. The lowest BCUT2D eigenvalue weighted by Crippen LogP contribution is -2.40. The average molecular weight is 398 g/mol. The zero-order valence-electron chi connectivity index (χ0n) is 16.2. The van der Waals surface area contributed by atoms with E-state index in [0.29, 0.717) is 0 Å². The molecule has 2 fully saturated rings. The highest BCUT2D eigenvalue weighted by atomic mass is 16.8. The molecule has 11 heteroatoms. The van der Waals surface area contributed by atoms with Crippen LogP contribution in [0.4, 0.5) is 5.82 Å². The third-order valence-corrected chi connectivity index (χ3v) is 4.72. The molecule has 11 nitrogen and oxygen atoms in total. The molecule has 0 aromatic carbocycles. The van der Waals surface area contributed by atoms with Crippen LogP contribution in [0, 0.1) is 5.92 Å². The van der Waals surface area contributed by atoms with Gasteiger partial charge in [0.15, 0.2) is 17.8 Å². The fraction of sp³-hybridized carbons (Fsp3) is 0.706. The maximum absolute atomic E-state index is 12.3. The van der Waals surface area contributed by atoms with Crippen LogP contribution in [0.25, 0.3) is 0 Å². The Morgan fingerprint density at radius 3 is 2.71 bits per heavy atom. The van der Waals surface area contributed by atoms with E-state index in [2.05, 4.69) is 4.98 Å². The summed E-state index contributed by atoms with van der Waals surface area (Å²) >= 11 is 0. The Morgan fingerprint density at radius 2 is 2.11 bits per heavy atom. The molecule has 1 aromatic rings. The summed E-state index contributed by atoms with van der Waals surface area (Å²) in [4.78, 5) is 28.1. The van der Waals surface area contributed by atoms with Crippen molar-refractivity contribution in [3.63, 3.8) is 0 Å². The fourth-order valence-electron chi connectivity index (χ4n) is 3.22. The smallest absolute Gasteiger partial charge is 0.351 e. The number of esters is 1. The zero-order chi connectivity index (χ0) is 20.6. The van der Waals surface area contributed by atoms with Gasteiger partial charge < -0.3 is 24.7 Å². The molecule has 3 heterocycles. The lowest BCUT2D eigenvalue weighted by atomic mass is 10.1. The normalized spacial score (nSPS) is 29.5. The molecule has 5 atom stereocenters. The Labute approximate surface area is 161 Å². The topological polar surface area (TPSA) is 147 Å². The summed E-state index contributed by atoms with van der Waals surface area (Å²) in [5.74, 6) is -1.48. The summed E-state index contributed by atoms with van der Waals surface area (Å²) in [5.41, 5.74) is 6.98. The van der Waals surface area contributed by atoms with Gasteiger partial charge in [0, 0.05) is 6.20 Å². The van der Waals surface area contributed by atoms with E-state index in [4.69, 9.17) is 29.9 Å². The van der Waals surface area contributed by atoms with Crippen molar-refractivity contribution in [3.8, 4) is 0 Å². The van der Waals surface area contributed by atoms with Crippen molar-refractivity contribution in [1.82, 2.24) is 9.55 Å². The quantitative estimate of drug-likeness (QED) is 0.441. The average Bonchev–Trinajstić information content (AvgIpc) is 3.12. The number of hydrogen-bond donors (Lipinski definition) is 3. The minimum absolute atomic E-state index is 0.00729. The van der Waals surface area contributed by atoms with Crippen molar-refractivity contribution in [2.75, 3.05) is 12.1 Å². The number of fused-ring (bicyclic) bond motifs is 1. The third-order valence-electron chi connectivity index (χ3n) is 4.72. The standard InChI is InChI=1S/C17H26N4O7/c1-8(2)11(18)15(22)25-7-9-12-13(28-17(3,4)27-12)14(26-9)21-6-5-10(20-24)19-16(21)23/h5-6,8-9,11-14,24H,7,18H2,1-4H3,(H,19,20,23)/t9-,11+,12-,13-,14-/m1/s1. The molecule has 0 unspecified atom stereocenters. The number of aromatic nitrogens is 2. The predicted molar refractivity (Wildman–Crippen MR) is 95.4 cm³/mol. The van der Waals surface area contributed by atoms with Crippen LogP contribution in [0.1, 0.15) is 33.9 Å². The SMILES string of the molecule is CC(C)[C@H](N)C(=O)OC[C@H]1O[C@@H](n2ccc(NO)nc2=O)[C@@H]2OC(C)(C)O[C@@H]21. The minimum atomic E-state index is -0.891. The number of rotatable bonds is 6. The van der Waals surface area contributed by atoms with Gasteiger partial charge in [-0.3, -0.25) is 20.0 Å². The van der Waals surface area contributed by atoms with Crippen LogP contribution in [-0.2, 0) is 23.7 Å². The Balaban J connectivity index is 1.78. The highest BCUT2D eigenvalue weighted by Crippen LogP contribution is 2.42.